The zero-order chi connectivity index (χ0) is 35.3. The highest BCUT2D eigenvalue weighted by atomic mass is 16.3. The smallest absolute Gasteiger partial charge is 0.143 e. The van der Waals surface area contributed by atoms with Crippen molar-refractivity contribution in [1.82, 2.24) is 0 Å². The molecule has 54 heavy (non-hydrogen) atoms. The summed E-state index contributed by atoms with van der Waals surface area (Å²) in [5.74, 6) is 0. The Kier molecular flexibility index (Phi) is 6.09. The molecule has 12 aromatic rings. The van der Waals surface area contributed by atoms with E-state index in [0.717, 1.165) is 60.2 Å². The fraction of sp³-hybridized carbons (Fsp3) is 0. The molecule has 250 valence electrons. The van der Waals surface area contributed by atoms with Gasteiger partial charge in [0.15, 0.2) is 0 Å². The second-order valence-corrected chi connectivity index (χ2v) is 14.3. The Morgan fingerprint density at radius 1 is 0.278 bits per heavy atom. The SMILES string of the molecule is c1ccc2cc(-c3ccc(-c4c5ccccc5c(-c5cc6ccc7oc8ccccc8c7c6c6c5oc5ccccc56)c5ccccc45)cc3)ccc2c1. The molecule has 12 rings (SSSR count). The van der Waals surface area contributed by atoms with Crippen LogP contribution >= 0.6 is 0 Å². The van der Waals surface area contributed by atoms with Gasteiger partial charge in [0.2, 0.25) is 0 Å². The van der Waals surface area contributed by atoms with Crippen LogP contribution in [-0.4, -0.2) is 0 Å². The zero-order valence-electron chi connectivity index (χ0n) is 29.1. The molecule has 0 saturated carbocycles. The minimum atomic E-state index is 0.878. The van der Waals surface area contributed by atoms with Gasteiger partial charge in [0.05, 0.1) is 0 Å². The highest BCUT2D eigenvalue weighted by Gasteiger charge is 2.24. The summed E-state index contributed by atoms with van der Waals surface area (Å²) in [6.45, 7) is 0. The van der Waals surface area contributed by atoms with Gasteiger partial charge >= 0.3 is 0 Å². The highest BCUT2D eigenvalue weighted by Crippen LogP contribution is 2.50. The minimum Gasteiger partial charge on any atom is -0.456 e. The minimum absolute atomic E-state index is 0.878. The Morgan fingerprint density at radius 2 is 0.796 bits per heavy atom. The van der Waals surface area contributed by atoms with Crippen LogP contribution in [0, 0.1) is 0 Å². The van der Waals surface area contributed by atoms with E-state index < -0.39 is 0 Å². The Morgan fingerprint density at radius 3 is 1.50 bits per heavy atom. The van der Waals surface area contributed by atoms with Crippen LogP contribution in [0.1, 0.15) is 0 Å². The van der Waals surface area contributed by atoms with Gasteiger partial charge in [-0.3, -0.25) is 0 Å². The molecule has 0 aliphatic carbocycles. The van der Waals surface area contributed by atoms with Gasteiger partial charge in [-0.15, -0.1) is 0 Å². The van der Waals surface area contributed by atoms with E-state index in [1.807, 2.05) is 6.07 Å². The second-order valence-electron chi connectivity index (χ2n) is 14.3. The van der Waals surface area contributed by atoms with E-state index >= 15 is 0 Å². The van der Waals surface area contributed by atoms with E-state index in [4.69, 9.17) is 8.83 Å². The van der Waals surface area contributed by atoms with Crippen LogP contribution in [0.2, 0.25) is 0 Å². The van der Waals surface area contributed by atoms with Crippen molar-refractivity contribution in [3.63, 3.8) is 0 Å². The van der Waals surface area contributed by atoms with E-state index in [2.05, 4.69) is 176 Å². The number of para-hydroxylation sites is 2. The Balaban J connectivity index is 1.15. The van der Waals surface area contributed by atoms with E-state index in [1.165, 1.54) is 60.1 Å². The third-order valence-corrected chi connectivity index (χ3v) is 11.4. The molecular weight excluding hydrogens is 657 g/mol. The van der Waals surface area contributed by atoms with Gasteiger partial charge in [-0.05, 0) is 90.3 Å². The summed E-state index contributed by atoms with van der Waals surface area (Å²) in [4.78, 5) is 0. The third-order valence-electron chi connectivity index (χ3n) is 11.4. The molecule has 0 bridgehead atoms. The van der Waals surface area contributed by atoms with Crippen molar-refractivity contribution < 1.29 is 8.83 Å². The lowest BCUT2D eigenvalue weighted by molar-refractivity contribution is 0.669. The lowest BCUT2D eigenvalue weighted by Gasteiger charge is -2.18. The third kappa shape index (κ3) is 4.17. The van der Waals surface area contributed by atoms with Crippen molar-refractivity contribution >= 4 is 87.0 Å². The molecule has 0 fully saturated rings. The van der Waals surface area contributed by atoms with E-state index in [1.54, 1.807) is 0 Å². The predicted octanol–water partition coefficient (Wildman–Crippen LogP) is 15.1. The van der Waals surface area contributed by atoms with Crippen molar-refractivity contribution in [3.8, 4) is 33.4 Å². The lowest BCUT2D eigenvalue weighted by Crippen LogP contribution is -1.92. The fourth-order valence-electron chi connectivity index (χ4n) is 9.04. The maximum Gasteiger partial charge on any atom is 0.143 e. The van der Waals surface area contributed by atoms with Crippen molar-refractivity contribution in [2.75, 3.05) is 0 Å². The molecule has 2 nitrogen and oxygen atoms in total. The normalized spacial score (nSPS) is 12.1. The molecule has 10 aromatic carbocycles. The summed E-state index contributed by atoms with van der Waals surface area (Å²) >= 11 is 0. The molecule has 0 aliphatic rings. The van der Waals surface area contributed by atoms with Gasteiger partial charge in [0.1, 0.15) is 22.3 Å². The summed E-state index contributed by atoms with van der Waals surface area (Å²) in [6.07, 6.45) is 0. The molecular formula is C52H30O2. The van der Waals surface area contributed by atoms with Crippen molar-refractivity contribution in [2.45, 2.75) is 0 Å². The fourth-order valence-corrected chi connectivity index (χ4v) is 9.04. The molecule has 0 atom stereocenters. The van der Waals surface area contributed by atoms with Crippen LogP contribution in [0.3, 0.4) is 0 Å². The van der Waals surface area contributed by atoms with Gasteiger partial charge < -0.3 is 8.83 Å². The standard InChI is InChI=1S/C52H30O2/c1-2-12-34-29-35(26-23-31(34)11-1)32-21-24-33(25-22-32)47-37-13-3-5-15-39(37)49(40-16-6-4-14-38(40)47)43-30-36-27-28-46-50(41-17-7-9-19-44(41)53-46)48(36)51-42-18-8-10-20-45(42)54-52(43)51/h1-30H. The van der Waals surface area contributed by atoms with Gasteiger partial charge in [-0.1, -0.05) is 152 Å². The predicted molar refractivity (Wildman–Crippen MR) is 227 cm³/mol. The van der Waals surface area contributed by atoms with Crippen LogP contribution in [0.5, 0.6) is 0 Å². The van der Waals surface area contributed by atoms with Crippen molar-refractivity contribution in [2.24, 2.45) is 0 Å². The Bertz CT molecular complexity index is 3430. The first-order chi connectivity index (χ1) is 26.8. The first kappa shape index (κ1) is 29.4. The average Bonchev–Trinajstić information content (AvgIpc) is 3.82. The molecule has 2 aromatic heterocycles. The van der Waals surface area contributed by atoms with Crippen LogP contribution < -0.4 is 0 Å². The summed E-state index contributed by atoms with van der Waals surface area (Å²) in [6, 6.07) is 65.5. The Hall–Kier alpha value is -7.16. The van der Waals surface area contributed by atoms with Gasteiger partial charge in [0, 0.05) is 38.1 Å². The molecule has 0 unspecified atom stereocenters. The van der Waals surface area contributed by atoms with Crippen LogP contribution in [0.4, 0.5) is 0 Å². The van der Waals surface area contributed by atoms with Crippen LogP contribution in [0.15, 0.2) is 191 Å². The summed E-state index contributed by atoms with van der Waals surface area (Å²) in [5.41, 5.74) is 10.7. The number of hydrogen-bond donors (Lipinski definition) is 0. The molecule has 0 radical (unpaired) electrons. The molecule has 0 saturated heterocycles. The monoisotopic (exact) mass is 686 g/mol. The first-order valence-corrected chi connectivity index (χ1v) is 18.5. The van der Waals surface area contributed by atoms with Gasteiger partial charge in [-0.25, -0.2) is 0 Å². The second kappa shape index (κ2) is 11.2. The van der Waals surface area contributed by atoms with E-state index in [0.29, 0.717) is 0 Å². The molecule has 0 aliphatic heterocycles. The average molecular weight is 687 g/mol. The van der Waals surface area contributed by atoms with Gasteiger partial charge in [0.25, 0.3) is 0 Å². The molecule has 0 amide bonds. The van der Waals surface area contributed by atoms with Crippen molar-refractivity contribution in [3.05, 3.63) is 182 Å². The number of furan rings is 2. The number of benzene rings is 10. The first-order valence-electron chi connectivity index (χ1n) is 18.5. The molecule has 2 heteroatoms. The summed E-state index contributed by atoms with van der Waals surface area (Å²) < 4.78 is 13.4. The Labute approximate surface area is 310 Å². The molecule has 2 heterocycles. The maximum absolute atomic E-state index is 6.95. The number of hydrogen-bond acceptors (Lipinski definition) is 2. The summed E-state index contributed by atoms with van der Waals surface area (Å²) in [7, 11) is 0. The lowest BCUT2D eigenvalue weighted by atomic mass is 9.84. The van der Waals surface area contributed by atoms with E-state index in [-0.39, 0.29) is 0 Å². The van der Waals surface area contributed by atoms with E-state index in [9.17, 15) is 0 Å². The topological polar surface area (TPSA) is 26.3 Å². The molecule has 0 spiro atoms. The maximum atomic E-state index is 6.95. The van der Waals surface area contributed by atoms with Crippen LogP contribution in [0.25, 0.3) is 120 Å². The highest BCUT2D eigenvalue weighted by molar-refractivity contribution is 6.34. The summed E-state index contributed by atoms with van der Waals surface area (Å²) in [5, 5.41) is 14.1. The quantitative estimate of drug-likeness (QED) is 0.173. The van der Waals surface area contributed by atoms with Crippen LogP contribution in [-0.2, 0) is 0 Å². The van der Waals surface area contributed by atoms with Gasteiger partial charge in [-0.2, -0.15) is 0 Å². The molecule has 0 N–H and O–H groups in total. The number of fused-ring (bicyclic) bond motifs is 12. The largest absolute Gasteiger partial charge is 0.456 e. The number of rotatable bonds is 3. The van der Waals surface area contributed by atoms with Crippen molar-refractivity contribution in [1.29, 1.82) is 0 Å². The zero-order valence-corrected chi connectivity index (χ0v) is 29.1.